The molecule has 3 rings (SSSR count). The number of pyridine rings is 2. The molecule has 0 radical (unpaired) electrons. The normalized spacial score (nSPS) is 11.0. The number of thiophene rings is 1. The minimum Gasteiger partial charge on any atom is -0.398 e. The number of rotatable bonds is 1. The molecule has 0 fully saturated rings. The van der Waals surface area contributed by atoms with Crippen LogP contribution in [0.3, 0.4) is 0 Å². The summed E-state index contributed by atoms with van der Waals surface area (Å²) in [5.41, 5.74) is 10.2. The molecule has 3 aromatic heterocycles. The first-order valence-corrected chi connectivity index (χ1v) is 6.55. The zero-order valence-electron chi connectivity index (χ0n) is 10.3. The maximum absolute atomic E-state index is 6.10. The largest absolute Gasteiger partial charge is 0.398 e. The van der Waals surface area contributed by atoms with Crippen LogP contribution in [-0.4, -0.2) is 9.97 Å². The van der Waals surface area contributed by atoms with Crippen LogP contribution in [0.4, 0.5) is 5.69 Å². The molecule has 0 atom stereocenters. The average molecular weight is 255 g/mol. The smallest absolute Gasteiger partial charge is 0.126 e. The second-order valence-electron chi connectivity index (χ2n) is 4.33. The first kappa shape index (κ1) is 11.2. The number of nitrogens with zero attached hydrogens (tertiary/aromatic N) is 2. The lowest BCUT2D eigenvalue weighted by molar-refractivity contribution is 1.27. The maximum Gasteiger partial charge on any atom is 0.126 e. The summed E-state index contributed by atoms with van der Waals surface area (Å²) in [7, 11) is 0. The molecule has 0 aliphatic carbocycles. The summed E-state index contributed by atoms with van der Waals surface area (Å²) in [5, 5.41) is 1.07. The van der Waals surface area contributed by atoms with Gasteiger partial charge in [0.25, 0.3) is 0 Å². The van der Waals surface area contributed by atoms with Gasteiger partial charge in [0.05, 0.1) is 0 Å². The van der Waals surface area contributed by atoms with Gasteiger partial charge in [0.1, 0.15) is 4.83 Å². The van der Waals surface area contributed by atoms with Crippen LogP contribution >= 0.6 is 11.3 Å². The molecule has 3 heterocycles. The van der Waals surface area contributed by atoms with Crippen molar-refractivity contribution in [1.29, 1.82) is 0 Å². The summed E-state index contributed by atoms with van der Waals surface area (Å²) >= 11 is 1.67. The minimum atomic E-state index is 0.807. The van der Waals surface area contributed by atoms with Crippen molar-refractivity contribution < 1.29 is 0 Å². The van der Waals surface area contributed by atoms with Gasteiger partial charge in [-0.25, -0.2) is 4.98 Å². The van der Waals surface area contributed by atoms with E-state index in [4.69, 9.17) is 5.73 Å². The van der Waals surface area contributed by atoms with Crippen molar-refractivity contribution in [2.75, 3.05) is 5.73 Å². The van der Waals surface area contributed by atoms with Crippen LogP contribution in [-0.2, 0) is 0 Å². The predicted octanol–water partition coefficient (Wildman–Crippen LogP) is 3.56. The number of nitrogen functional groups attached to an aromatic ring is 1. The summed E-state index contributed by atoms with van der Waals surface area (Å²) < 4.78 is 0. The van der Waals surface area contributed by atoms with Gasteiger partial charge in [-0.15, -0.1) is 11.3 Å². The number of anilines is 1. The van der Waals surface area contributed by atoms with Crippen LogP contribution in [0, 0.1) is 13.8 Å². The van der Waals surface area contributed by atoms with Gasteiger partial charge in [0.2, 0.25) is 0 Å². The standard InChI is InChI=1S/C14H13N3S/c1-8-6-11(15)12-9(2)13(18-14(12)17-8)10-4-3-5-16-7-10/h3-7H,1-2H3,(H2,15,17). The molecule has 0 saturated heterocycles. The number of hydrogen-bond donors (Lipinski definition) is 1. The Morgan fingerprint density at radius 3 is 2.83 bits per heavy atom. The summed E-state index contributed by atoms with van der Waals surface area (Å²) in [6, 6.07) is 5.93. The van der Waals surface area contributed by atoms with E-state index in [-0.39, 0.29) is 0 Å². The predicted molar refractivity (Wildman–Crippen MR) is 76.7 cm³/mol. The molecule has 90 valence electrons. The zero-order valence-corrected chi connectivity index (χ0v) is 11.1. The van der Waals surface area contributed by atoms with E-state index in [2.05, 4.69) is 23.0 Å². The monoisotopic (exact) mass is 255 g/mol. The van der Waals surface area contributed by atoms with E-state index in [1.54, 1.807) is 17.5 Å². The van der Waals surface area contributed by atoms with Gasteiger partial charge in [-0.05, 0) is 31.5 Å². The van der Waals surface area contributed by atoms with Gasteiger partial charge in [0, 0.05) is 39.6 Å². The van der Waals surface area contributed by atoms with Crippen LogP contribution in [0.15, 0.2) is 30.6 Å². The first-order valence-electron chi connectivity index (χ1n) is 5.73. The highest BCUT2D eigenvalue weighted by atomic mass is 32.1. The molecule has 18 heavy (non-hydrogen) atoms. The molecular weight excluding hydrogens is 242 g/mol. The van der Waals surface area contributed by atoms with Crippen LogP contribution in [0.2, 0.25) is 0 Å². The first-order chi connectivity index (χ1) is 8.66. The molecular formula is C14H13N3S. The molecule has 0 aromatic carbocycles. The van der Waals surface area contributed by atoms with Crippen molar-refractivity contribution in [3.05, 3.63) is 41.9 Å². The van der Waals surface area contributed by atoms with Gasteiger partial charge in [-0.2, -0.15) is 0 Å². The van der Waals surface area contributed by atoms with E-state index in [9.17, 15) is 0 Å². The summed E-state index contributed by atoms with van der Waals surface area (Å²) in [6.45, 7) is 4.06. The Hall–Kier alpha value is -1.94. The molecule has 4 heteroatoms. The summed E-state index contributed by atoms with van der Waals surface area (Å²) in [6.07, 6.45) is 3.66. The van der Waals surface area contributed by atoms with E-state index in [0.717, 1.165) is 27.2 Å². The lowest BCUT2D eigenvalue weighted by Crippen LogP contribution is -1.90. The Kier molecular flexibility index (Phi) is 2.52. The molecule has 0 bridgehead atoms. The highest BCUT2D eigenvalue weighted by Gasteiger charge is 2.14. The van der Waals surface area contributed by atoms with Crippen LogP contribution in [0.1, 0.15) is 11.3 Å². The lowest BCUT2D eigenvalue weighted by atomic mass is 10.1. The molecule has 2 N–H and O–H groups in total. The molecule has 3 aromatic rings. The highest BCUT2D eigenvalue weighted by molar-refractivity contribution is 7.22. The van der Waals surface area contributed by atoms with Crippen molar-refractivity contribution in [3.63, 3.8) is 0 Å². The quantitative estimate of drug-likeness (QED) is 0.723. The number of fused-ring (bicyclic) bond motifs is 1. The van der Waals surface area contributed by atoms with Gasteiger partial charge in [0.15, 0.2) is 0 Å². The van der Waals surface area contributed by atoms with Gasteiger partial charge < -0.3 is 5.73 Å². The fourth-order valence-electron chi connectivity index (χ4n) is 2.18. The van der Waals surface area contributed by atoms with Crippen molar-refractivity contribution in [1.82, 2.24) is 9.97 Å². The third-order valence-electron chi connectivity index (χ3n) is 2.98. The molecule has 0 amide bonds. The molecule has 0 unspecified atom stereocenters. The zero-order chi connectivity index (χ0) is 12.7. The lowest BCUT2D eigenvalue weighted by Gasteiger charge is -2.00. The summed E-state index contributed by atoms with van der Waals surface area (Å²) in [5.74, 6) is 0. The Balaban J connectivity index is 2.33. The number of nitrogens with two attached hydrogens (primary N) is 1. The Morgan fingerprint density at radius 2 is 2.11 bits per heavy atom. The second kappa shape index (κ2) is 4.07. The van der Waals surface area contributed by atoms with E-state index >= 15 is 0 Å². The van der Waals surface area contributed by atoms with Crippen molar-refractivity contribution in [2.45, 2.75) is 13.8 Å². The fraction of sp³-hybridized carbons (Fsp3) is 0.143. The topological polar surface area (TPSA) is 51.8 Å². The van der Waals surface area contributed by atoms with E-state index in [1.807, 2.05) is 25.3 Å². The Labute approximate surface area is 109 Å². The van der Waals surface area contributed by atoms with E-state index < -0.39 is 0 Å². The maximum atomic E-state index is 6.10. The van der Waals surface area contributed by atoms with Gasteiger partial charge >= 0.3 is 0 Å². The molecule has 0 aliphatic heterocycles. The third kappa shape index (κ3) is 1.66. The molecule has 0 aliphatic rings. The molecule has 0 spiro atoms. The molecule has 0 saturated carbocycles. The van der Waals surface area contributed by atoms with Crippen LogP contribution in [0.25, 0.3) is 20.7 Å². The molecule has 3 nitrogen and oxygen atoms in total. The van der Waals surface area contributed by atoms with Crippen molar-refractivity contribution in [3.8, 4) is 10.4 Å². The Bertz CT molecular complexity index is 717. The number of aryl methyl sites for hydroxylation is 2. The average Bonchev–Trinajstić information content (AvgIpc) is 2.67. The highest BCUT2D eigenvalue weighted by Crippen LogP contribution is 2.39. The SMILES string of the molecule is Cc1cc(N)c2c(C)c(-c3cccnc3)sc2n1. The third-order valence-corrected chi connectivity index (χ3v) is 4.22. The number of hydrogen-bond acceptors (Lipinski definition) is 4. The number of aromatic nitrogens is 2. The fourth-order valence-corrected chi connectivity index (χ4v) is 3.43. The van der Waals surface area contributed by atoms with Crippen LogP contribution in [0.5, 0.6) is 0 Å². The second-order valence-corrected chi connectivity index (χ2v) is 5.33. The van der Waals surface area contributed by atoms with Crippen molar-refractivity contribution in [2.24, 2.45) is 0 Å². The van der Waals surface area contributed by atoms with Gasteiger partial charge in [-0.1, -0.05) is 6.07 Å². The van der Waals surface area contributed by atoms with Crippen LogP contribution < -0.4 is 5.73 Å². The van der Waals surface area contributed by atoms with Crippen molar-refractivity contribution >= 4 is 27.2 Å². The van der Waals surface area contributed by atoms with Gasteiger partial charge in [-0.3, -0.25) is 4.98 Å². The van der Waals surface area contributed by atoms with E-state index in [0.29, 0.717) is 0 Å². The minimum absolute atomic E-state index is 0.807. The Morgan fingerprint density at radius 1 is 1.28 bits per heavy atom. The van der Waals surface area contributed by atoms with E-state index in [1.165, 1.54) is 10.4 Å². The summed E-state index contributed by atoms with van der Waals surface area (Å²) in [4.78, 5) is 10.9.